The molecule has 0 heterocycles. The van der Waals surface area contributed by atoms with Crippen LogP contribution in [0.4, 0.5) is 10.1 Å². The van der Waals surface area contributed by atoms with Crippen molar-refractivity contribution in [1.29, 1.82) is 0 Å². The number of benzene rings is 2. The molecule has 2 rings (SSSR count). The maximum Gasteiger partial charge on any atom is 0.339 e. The summed E-state index contributed by atoms with van der Waals surface area (Å²) in [7, 11) is 1.28. The van der Waals surface area contributed by atoms with Crippen LogP contribution in [0.25, 0.3) is 0 Å². The molecule has 1 N–H and O–H groups in total. The van der Waals surface area contributed by atoms with Crippen molar-refractivity contribution in [2.45, 2.75) is 6.54 Å². The molecule has 6 heteroatoms. The molecule has 21 heavy (non-hydrogen) atoms. The summed E-state index contributed by atoms with van der Waals surface area (Å²) in [5.41, 5.74) is 1.60. The second-order valence-corrected chi connectivity index (χ2v) is 5.55. The van der Waals surface area contributed by atoms with Crippen molar-refractivity contribution in [3.63, 3.8) is 0 Å². The van der Waals surface area contributed by atoms with Gasteiger partial charge in [-0.25, -0.2) is 9.18 Å². The van der Waals surface area contributed by atoms with Crippen LogP contribution in [0, 0.1) is 5.82 Å². The lowest BCUT2D eigenvalue weighted by Crippen LogP contribution is -2.08. The Labute approximate surface area is 135 Å². The Bertz CT molecular complexity index is 679. The number of esters is 1. The number of hydrogen-bond acceptors (Lipinski definition) is 3. The van der Waals surface area contributed by atoms with Crippen molar-refractivity contribution in [1.82, 2.24) is 0 Å². The number of rotatable bonds is 4. The molecule has 0 aliphatic carbocycles. The molecule has 0 saturated carbocycles. The van der Waals surface area contributed by atoms with Gasteiger partial charge in [0, 0.05) is 11.0 Å². The zero-order valence-electron chi connectivity index (χ0n) is 11.1. The number of carbonyl (C=O) groups excluding carboxylic acids is 1. The highest BCUT2D eigenvalue weighted by atomic mass is 79.9. The molecule has 0 atom stereocenters. The lowest BCUT2D eigenvalue weighted by atomic mass is 10.1. The summed E-state index contributed by atoms with van der Waals surface area (Å²) >= 11 is 9.27. The third-order valence-electron chi connectivity index (χ3n) is 2.85. The minimum Gasteiger partial charge on any atom is -0.465 e. The molecule has 0 bridgehead atoms. The summed E-state index contributed by atoms with van der Waals surface area (Å²) < 4.78 is 18.8. The van der Waals surface area contributed by atoms with Crippen LogP contribution in [0.5, 0.6) is 0 Å². The van der Waals surface area contributed by atoms with Gasteiger partial charge in [0.25, 0.3) is 0 Å². The Kier molecular flexibility index (Phi) is 5.20. The van der Waals surface area contributed by atoms with Crippen molar-refractivity contribution >= 4 is 39.2 Å². The van der Waals surface area contributed by atoms with Gasteiger partial charge in [-0.2, -0.15) is 0 Å². The summed E-state index contributed by atoms with van der Waals surface area (Å²) in [5, 5.41) is 3.64. The monoisotopic (exact) mass is 371 g/mol. The third-order valence-corrected chi connectivity index (χ3v) is 4.07. The number of anilines is 1. The van der Waals surface area contributed by atoms with Gasteiger partial charge in [-0.1, -0.05) is 17.7 Å². The Morgan fingerprint density at radius 2 is 2.10 bits per heavy atom. The van der Waals surface area contributed by atoms with Crippen molar-refractivity contribution < 1.29 is 13.9 Å². The van der Waals surface area contributed by atoms with Crippen LogP contribution in [0.1, 0.15) is 15.9 Å². The van der Waals surface area contributed by atoms with Crippen LogP contribution in [0.3, 0.4) is 0 Å². The molecule has 0 amide bonds. The smallest absolute Gasteiger partial charge is 0.339 e. The fourth-order valence-corrected chi connectivity index (χ4v) is 2.34. The first-order valence-electron chi connectivity index (χ1n) is 6.07. The molecule has 0 spiro atoms. The number of carbonyl (C=O) groups is 1. The molecule has 0 aliphatic heterocycles. The van der Waals surface area contributed by atoms with Gasteiger partial charge >= 0.3 is 5.97 Å². The van der Waals surface area contributed by atoms with E-state index in [1.807, 2.05) is 12.1 Å². The SMILES string of the molecule is COC(=O)c1ccc(F)cc1NCc1ccc(Cl)c(Br)c1. The first-order valence-corrected chi connectivity index (χ1v) is 7.24. The number of halogens is 3. The largest absolute Gasteiger partial charge is 0.465 e. The average molecular weight is 373 g/mol. The van der Waals surface area contributed by atoms with E-state index < -0.39 is 11.8 Å². The van der Waals surface area contributed by atoms with Crippen LogP contribution in [-0.2, 0) is 11.3 Å². The zero-order chi connectivity index (χ0) is 15.4. The topological polar surface area (TPSA) is 38.3 Å². The number of hydrogen-bond donors (Lipinski definition) is 1. The van der Waals surface area contributed by atoms with Crippen molar-refractivity contribution in [3.05, 3.63) is 62.8 Å². The number of methoxy groups -OCH3 is 1. The molecule has 0 fully saturated rings. The van der Waals surface area contributed by atoms with E-state index in [1.165, 1.54) is 25.3 Å². The van der Waals surface area contributed by atoms with E-state index in [2.05, 4.69) is 26.0 Å². The minimum atomic E-state index is -0.519. The summed E-state index contributed by atoms with van der Waals surface area (Å²) in [4.78, 5) is 11.6. The van der Waals surface area contributed by atoms with E-state index in [-0.39, 0.29) is 5.56 Å². The summed E-state index contributed by atoms with van der Waals surface area (Å²) in [6.45, 7) is 0.420. The molecule has 2 aromatic rings. The summed E-state index contributed by atoms with van der Waals surface area (Å²) in [6, 6.07) is 9.33. The Morgan fingerprint density at radius 3 is 2.76 bits per heavy atom. The lowest BCUT2D eigenvalue weighted by molar-refractivity contribution is 0.0602. The first kappa shape index (κ1) is 15.8. The van der Waals surface area contributed by atoms with Gasteiger partial charge < -0.3 is 10.1 Å². The lowest BCUT2D eigenvalue weighted by Gasteiger charge is -2.11. The maximum atomic E-state index is 13.3. The van der Waals surface area contributed by atoms with Crippen LogP contribution in [0.15, 0.2) is 40.9 Å². The molecular formula is C15H12BrClFNO2. The maximum absolute atomic E-state index is 13.3. The van der Waals surface area contributed by atoms with E-state index in [1.54, 1.807) is 6.07 Å². The fourth-order valence-electron chi connectivity index (χ4n) is 1.80. The molecule has 3 nitrogen and oxygen atoms in total. The first-order chi connectivity index (χ1) is 10.0. The quantitative estimate of drug-likeness (QED) is 0.795. The highest BCUT2D eigenvalue weighted by Crippen LogP contribution is 2.24. The molecule has 110 valence electrons. The van der Waals surface area contributed by atoms with Gasteiger partial charge in [0.2, 0.25) is 0 Å². The van der Waals surface area contributed by atoms with E-state index in [0.717, 1.165) is 10.0 Å². The van der Waals surface area contributed by atoms with Gasteiger partial charge in [0.1, 0.15) is 5.82 Å². The van der Waals surface area contributed by atoms with Crippen molar-refractivity contribution in [2.75, 3.05) is 12.4 Å². The average Bonchev–Trinajstić information content (AvgIpc) is 2.48. The second kappa shape index (κ2) is 6.91. The third kappa shape index (κ3) is 3.95. The highest BCUT2D eigenvalue weighted by Gasteiger charge is 2.12. The van der Waals surface area contributed by atoms with E-state index in [9.17, 15) is 9.18 Å². The predicted molar refractivity (Wildman–Crippen MR) is 84.2 cm³/mol. The van der Waals surface area contributed by atoms with Crippen LogP contribution in [0.2, 0.25) is 5.02 Å². The highest BCUT2D eigenvalue weighted by molar-refractivity contribution is 9.10. The Morgan fingerprint density at radius 1 is 1.33 bits per heavy atom. The fraction of sp³-hybridized carbons (Fsp3) is 0.133. The van der Waals surface area contributed by atoms with Gasteiger partial charge in [-0.3, -0.25) is 0 Å². The molecule has 0 saturated heterocycles. The van der Waals surface area contributed by atoms with Crippen LogP contribution >= 0.6 is 27.5 Å². The second-order valence-electron chi connectivity index (χ2n) is 4.28. The van der Waals surface area contributed by atoms with Crippen molar-refractivity contribution in [3.8, 4) is 0 Å². The molecule has 0 aromatic heterocycles. The predicted octanol–water partition coefficient (Wildman–Crippen LogP) is 4.64. The zero-order valence-corrected chi connectivity index (χ0v) is 13.5. The van der Waals surface area contributed by atoms with Gasteiger partial charge in [0.15, 0.2) is 0 Å². The molecule has 0 aliphatic rings. The van der Waals surface area contributed by atoms with E-state index in [4.69, 9.17) is 11.6 Å². The standard InChI is InChI=1S/C15H12BrClFNO2/c1-21-15(20)11-4-3-10(18)7-14(11)19-8-9-2-5-13(17)12(16)6-9/h2-7,19H,8H2,1H3. The van der Waals surface area contributed by atoms with Gasteiger partial charge in [-0.05, 0) is 51.8 Å². The minimum absolute atomic E-state index is 0.284. The summed E-state index contributed by atoms with van der Waals surface area (Å²) in [5.74, 6) is -0.947. The van der Waals surface area contributed by atoms with Crippen LogP contribution < -0.4 is 5.32 Å². The van der Waals surface area contributed by atoms with E-state index in [0.29, 0.717) is 17.3 Å². The molecule has 0 radical (unpaired) electrons. The molecular weight excluding hydrogens is 361 g/mol. The molecule has 0 unspecified atom stereocenters. The Balaban J connectivity index is 2.20. The normalized spacial score (nSPS) is 10.3. The van der Waals surface area contributed by atoms with E-state index >= 15 is 0 Å². The van der Waals surface area contributed by atoms with Crippen molar-refractivity contribution in [2.24, 2.45) is 0 Å². The van der Waals surface area contributed by atoms with Gasteiger partial charge in [0.05, 0.1) is 23.4 Å². The number of ether oxygens (including phenoxy) is 1. The molecule has 2 aromatic carbocycles. The Hall–Kier alpha value is -1.59. The summed E-state index contributed by atoms with van der Waals surface area (Å²) in [6.07, 6.45) is 0. The number of nitrogens with one attached hydrogen (secondary N) is 1. The van der Waals surface area contributed by atoms with Crippen LogP contribution in [-0.4, -0.2) is 13.1 Å². The van der Waals surface area contributed by atoms with Gasteiger partial charge in [-0.15, -0.1) is 0 Å².